The van der Waals surface area contributed by atoms with E-state index in [4.69, 9.17) is 11.6 Å². The van der Waals surface area contributed by atoms with Crippen LogP contribution in [0, 0.1) is 0 Å². The molecule has 1 aromatic rings. The van der Waals surface area contributed by atoms with E-state index in [9.17, 15) is 9.59 Å². The lowest BCUT2D eigenvalue weighted by molar-refractivity contribution is -0.148. The molecule has 1 fully saturated rings. The molecule has 2 unspecified atom stereocenters. The first kappa shape index (κ1) is 12.9. The molecule has 0 aromatic heterocycles. The van der Waals surface area contributed by atoms with Crippen LogP contribution in [0.3, 0.4) is 0 Å². The van der Waals surface area contributed by atoms with Crippen molar-refractivity contribution in [3.8, 4) is 0 Å². The van der Waals surface area contributed by atoms with E-state index in [2.05, 4.69) is 5.32 Å². The van der Waals surface area contributed by atoms with E-state index in [0.29, 0.717) is 11.6 Å². The van der Waals surface area contributed by atoms with Crippen molar-refractivity contribution in [1.82, 2.24) is 10.2 Å². The molecule has 0 radical (unpaired) electrons. The highest BCUT2D eigenvalue weighted by Gasteiger charge is 2.35. The van der Waals surface area contributed by atoms with Gasteiger partial charge in [-0.1, -0.05) is 29.8 Å². The van der Waals surface area contributed by atoms with Gasteiger partial charge in [0.15, 0.2) is 0 Å². The van der Waals surface area contributed by atoms with E-state index in [1.54, 1.807) is 24.8 Å². The lowest BCUT2D eigenvalue weighted by Crippen LogP contribution is -2.60. The van der Waals surface area contributed by atoms with Gasteiger partial charge in [0.05, 0.1) is 0 Å². The van der Waals surface area contributed by atoms with E-state index in [-0.39, 0.29) is 11.8 Å². The molecule has 1 heterocycles. The van der Waals surface area contributed by atoms with Crippen LogP contribution >= 0.6 is 11.6 Å². The number of piperazine rings is 1. The highest BCUT2D eigenvalue weighted by Crippen LogP contribution is 2.20. The lowest BCUT2D eigenvalue weighted by Gasteiger charge is -2.36. The maximum Gasteiger partial charge on any atom is 0.245 e. The third kappa shape index (κ3) is 2.34. The molecule has 5 heteroatoms. The number of hydrogen-bond donors (Lipinski definition) is 1. The summed E-state index contributed by atoms with van der Waals surface area (Å²) in [6.45, 7) is 3.76. The Morgan fingerprint density at radius 2 is 1.94 bits per heavy atom. The summed E-state index contributed by atoms with van der Waals surface area (Å²) >= 11 is 6.07. The zero-order valence-electron chi connectivity index (χ0n) is 10.3. The number of rotatable bonds is 2. The van der Waals surface area contributed by atoms with Crippen LogP contribution in [0.1, 0.15) is 19.4 Å². The van der Waals surface area contributed by atoms with E-state index < -0.39 is 12.1 Å². The highest BCUT2D eigenvalue weighted by atomic mass is 35.5. The topological polar surface area (TPSA) is 49.4 Å². The maximum absolute atomic E-state index is 12.1. The fourth-order valence-electron chi connectivity index (χ4n) is 2.00. The summed E-state index contributed by atoms with van der Waals surface area (Å²) in [4.78, 5) is 25.3. The van der Waals surface area contributed by atoms with Crippen LogP contribution in [0.15, 0.2) is 24.3 Å². The van der Waals surface area contributed by atoms with Gasteiger partial charge in [-0.3, -0.25) is 9.59 Å². The van der Waals surface area contributed by atoms with Crippen molar-refractivity contribution in [2.45, 2.75) is 32.5 Å². The molecule has 2 rings (SSSR count). The third-order valence-electron chi connectivity index (χ3n) is 3.16. The predicted molar refractivity (Wildman–Crippen MR) is 69.1 cm³/mol. The molecular formula is C13H15ClN2O2. The molecule has 1 aliphatic heterocycles. The highest BCUT2D eigenvalue weighted by molar-refractivity contribution is 6.31. The molecule has 1 saturated heterocycles. The molecule has 1 aliphatic rings. The summed E-state index contributed by atoms with van der Waals surface area (Å²) in [5.74, 6) is -0.212. The number of nitrogens with zero attached hydrogens (tertiary/aromatic N) is 1. The summed E-state index contributed by atoms with van der Waals surface area (Å²) in [5, 5.41) is 3.25. The van der Waals surface area contributed by atoms with Crippen molar-refractivity contribution >= 4 is 23.4 Å². The Hall–Kier alpha value is -1.55. The first-order valence-electron chi connectivity index (χ1n) is 5.85. The second-order valence-electron chi connectivity index (χ2n) is 4.46. The quantitative estimate of drug-likeness (QED) is 0.884. The standard InChI is InChI=1S/C13H15ClN2O2/c1-8-13(18)16(9(2)12(17)15-8)7-10-5-3-4-6-11(10)14/h3-6,8-9H,7H2,1-2H3,(H,15,17). The Bertz CT molecular complexity index is 490. The minimum absolute atomic E-state index is 0.0815. The molecular weight excluding hydrogens is 252 g/mol. The number of benzene rings is 1. The zero-order chi connectivity index (χ0) is 13.3. The lowest BCUT2D eigenvalue weighted by atomic mass is 10.1. The van der Waals surface area contributed by atoms with Crippen LogP contribution in [-0.4, -0.2) is 28.8 Å². The van der Waals surface area contributed by atoms with Crippen molar-refractivity contribution in [1.29, 1.82) is 0 Å². The van der Waals surface area contributed by atoms with Crippen LogP contribution in [0.5, 0.6) is 0 Å². The minimum Gasteiger partial charge on any atom is -0.343 e. The Morgan fingerprint density at radius 3 is 2.61 bits per heavy atom. The number of hydrogen-bond acceptors (Lipinski definition) is 2. The van der Waals surface area contributed by atoms with Gasteiger partial charge in [0.1, 0.15) is 12.1 Å². The number of halogens is 1. The smallest absolute Gasteiger partial charge is 0.245 e. The number of carbonyl (C=O) groups is 2. The fraction of sp³-hybridized carbons (Fsp3) is 0.385. The normalized spacial score (nSPS) is 24.1. The average molecular weight is 267 g/mol. The van der Waals surface area contributed by atoms with E-state index >= 15 is 0 Å². The molecule has 96 valence electrons. The molecule has 4 nitrogen and oxygen atoms in total. The number of carbonyl (C=O) groups excluding carboxylic acids is 2. The predicted octanol–water partition coefficient (Wildman–Crippen LogP) is 1.58. The monoisotopic (exact) mass is 266 g/mol. The van der Waals surface area contributed by atoms with Crippen molar-refractivity contribution < 1.29 is 9.59 Å². The number of amides is 2. The third-order valence-corrected chi connectivity index (χ3v) is 3.53. The molecule has 0 spiro atoms. The van der Waals surface area contributed by atoms with Crippen molar-refractivity contribution in [2.75, 3.05) is 0 Å². The molecule has 1 aromatic carbocycles. The summed E-state index contributed by atoms with van der Waals surface area (Å²) in [5.41, 5.74) is 0.848. The average Bonchev–Trinajstić information content (AvgIpc) is 2.34. The summed E-state index contributed by atoms with van der Waals surface area (Å²) in [7, 11) is 0. The van der Waals surface area contributed by atoms with Crippen molar-refractivity contribution in [3.05, 3.63) is 34.9 Å². The minimum atomic E-state index is -0.476. The van der Waals surface area contributed by atoms with Gasteiger partial charge in [0, 0.05) is 11.6 Å². The second kappa shape index (κ2) is 4.98. The Balaban J connectivity index is 2.23. The molecule has 2 atom stereocenters. The molecule has 2 amide bonds. The zero-order valence-corrected chi connectivity index (χ0v) is 11.1. The van der Waals surface area contributed by atoms with Gasteiger partial charge in [0.2, 0.25) is 11.8 Å². The second-order valence-corrected chi connectivity index (χ2v) is 4.87. The van der Waals surface area contributed by atoms with Crippen LogP contribution in [-0.2, 0) is 16.1 Å². The van der Waals surface area contributed by atoms with E-state index in [1.807, 2.05) is 18.2 Å². The van der Waals surface area contributed by atoms with Gasteiger partial charge in [-0.05, 0) is 25.5 Å². The van der Waals surface area contributed by atoms with E-state index in [0.717, 1.165) is 5.56 Å². The molecule has 1 N–H and O–H groups in total. The first-order chi connectivity index (χ1) is 8.50. The van der Waals surface area contributed by atoms with Gasteiger partial charge in [-0.2, -0.15) is 0 Å². The van der Waals surface area contributed by atoms with Crippen LogP contribution in [0.25, 0.3) is 0 Å². The van der Waals surface area contributed by atoms with Gasteiger partial charge in [0.25, 0.3) is 0 Å². The van der Waals surface area contributed by atoms with Crippen LogP contribution in [0.2, 0.25) is 5.02 Å². The maximum atomic E-state index is 12.1. The molecule has 0 aliphatic carbocycles. The van der Waals surface area contributed by atoms with Crippen LogP contribution in [0.4, 0.5) is 0 Å². The summed E-state index contributed by atoms with van der Waals surface area (Å²) in [6, 6.07) is 6.40. The fourth-order valence-corrected chi connectivity index (χ4v) is 2.20. The van der Waals surface area contributed by atoms with Gasteiger partial charge >= 0.3 is 0 Å². The molecule has 0 bridgehead atoms. The molecule has 18 heavy (non-hydrogen) atoms. The van der Waals surface area contributed by atoms with Gasteiger partial charge in [-0.15, -0.1) is 0 Å². The van der Waals surface area contributed by atoms with Gasteiger partial charge in [-0.25, -0.2) is 0 Å². The van der Waals surface area contributed by atoms with Crippen LogP contribution < -0.4 is 5.32 Å². The Labute approximate surface area is 111 Å². The van der Waals surface area contributed by atoms with E-state index in [1.165, 1.54) is 0 Å². The number of nitrogens with one attached hydrogen (secondary N) is 1. The largest absolute Gasteiger partial charge is 0.343 e. The SMILES string of the molecule is CC1NC(=O)C(C)N(Cc2ccccc2Cl)C1=O. The first-order valence-corrected chi connectivity index (χ1v) is 6.22. The van der Waals surface area contributed by atoms with Crippen molar-refractivity contribution in [3.63, 3.8) is 0 Å². The summed E-state index contributed by atoms with van der Waals surface area (Å²) in [6.07, 6.45) is 0. The van der Waals surface area contributed by atoms with Crippen molar-refractivity contribution in [2.24, 2.45) is 0 Å². The molecule has 0 saturated carbocycles. The summed E-state index contributed by atoms with van der Waals surface area (Å²) < 4.78 is 0. The Morgan fingerprint density at radius 1 is 1.28 bits per heavy atom. The Kier molecular flexibility index (Phi) is 3.57. The van der Waals surface area contributed by atoms with Gasteiger partial charge < -0.3 is 10.2 Å².